The number of nitrogens with one attached hydrogen (secondary N) is 4. The molecule has 17 aliphatic carbocycles. The van der Waals surface area contributed by atoms with Gasteiger partial charge in [0.2, 0.25) is 23.6 Å². The molecule has 4 spiro atoms. The third-order valence-corrected chi connectivity index (χ3v) is 44.8. The Balaban J connectivity index is 0.732. The van der Waals surface area contributed by atoms with Crippen LogP contribution in [0.15, 0.2) is 48.5 Å². The number of hydrogen-bond donors (Lipinski definition) is 4. The summed E-state index contributed by atoms with van der Waals surface area (Å²) in [7, 11) is 0. The highest BCUT2D eigenvalue weighted by Gasteiger charge is 2.74. The molecule has 4 aromatic carbocycles. The summed E-state index contributed by atoms with van der Waals surface area (Å²) in [5, 5.41) is 15.1. The Morgan fingerprint density at radius 3 is 0.632 bits per heavy atom. The summed E-state index contributed by atoms with van der Waals surface area (Å²) in [5.41, 5.74) is 4.68. The van der Waals surface area contributed by atoms with Gasteiger partial charge in [-0.25, -0.2) is 0 Å². The van der Waals surface area contributed by atoms with E-state index in [0.29, 0.717) is 170 Å². The zero-order valence-corrected chi connectivity index (χ0v) is 86.1. The lowest BCUT2D eigenvalue weighted by Crippen LogP contribution is -2.59. The number of carbonyl (C=O) groups is 8. The summed E-state index contributed by atoms with van der Waals surface area (Å²) in [5.74, 6) is 6.35. The first-order chi connectivity index (χ1) is 64.5. The molecule has 16 heteroatoms. The Morgan fingerprint density at radius 2 is 0.449 bits per heavy atom. The molecule has 24 unspecified atom stereocenters. The highest BCUT2D eigenvalue weighted by atomic mass is 16.5. The normalized spacial score (nSPS) is 41.8. The van der Waals surface area contributed by atoms with Crippen LogP contribution in [0.5, 0.6) is 23.0 Å². The van der Waals surface area contributed by atoms with Crippen molar-refractivity contribution in [2.24, 2.45) is 134 Å². The second-order valence-electron chi connectivity index (χ2n) is 53.0. The first-order valence-electron chi connectivity index (χ1n) is 55.1. The summed E-state index contributed by atoms with van der Waals surface area (Å²) >= 11 is 0. The summed E-state index contributed by atoms with van der Waals surface area (Å²) < 4.78 is 29.8. The molecule has 0 saturated heterocycles. The van der Waals surface area contributed by atoms with Crippen LogP contribution in [0.25, 0.3) is 0 Å². The Morgan fingerprint density at radius 1 is 0.265 bits per heavy atom. The quantitative estimate of drug-likeness (QED) is 0.0572. The minimum atomic E-state index is -0.740. The third-order valence-electron chi connectivity index (χ3n) is 44.8. The molecule has 16 fully saturated rings. The third kappa shape index (κ3) is 14.4. The molecule has 16 nitrogen and oxygen atoms in total. The van der Waals surface area contributed by atoms with Gasteiger partial charge in [0.25, 0.3) is 0 Å². The van der Waals surface area contributed by atoms with Gasteiger partial charge >= 0.3 is 0 Å². The Kier molecular flexibility index (Phi) is 23.1. The number of ketones is 4. The van der Waals surface area contributed by atoms with Gasteiger partial charge in [0.05, 0.1) is 48.1 Å². The average Bonchev–Trinajstić information content (AvgIpc) is 1.52. The highest BCUT2D eigenvalue weighted by Crippen LogP contribution is 2.79. The number of benzene rings is 4. The summed E-state index contributed by atoms with van der Waals surface area (Å²) in [4.78, 5) is 123. The van der Waals surface area contributed by atoms with E-state index in [0.717, 1.165) is 250 Å². The molecule has 16 bridgehead atoms. The molecule has 0 aromatic heterocycles. The molecular formula is C120H164N4O12. The maximum absolute atomic E-state index is 16.7. The molecule has 136 heavy (non-hydrogen) atoms. The Labute approximate surface area is 812 Å². The number of ether oxygens (including phenoxy) is 4. The van der Waals surface area contributed by atoms with Gasteiger partial charge < -0.3 is 40.2 Å². The van der Waals surface area contributed by atoms with E-state index in [4.69, 9.17) is 18.9 Å². The lowest BCUT2D eigenvalue weighted by atomic mass is 9.40. The molecule has 16 saturated carbocycles. The van der Waals surface area contributed by atoms with Gasteiger partial charge in [-0.3, -0.25) is 38.4 Å². The van der Waals surface area contributed by atoms with E-state index < -0.39 is 21.7 Å². The maximum Gasteiger partial charge on any atom is 0.230 e. The SMILES string of the molecule is CCCOc1c2cc(NC(=O)C3(C)CCCC4(C)C5CCC6(C)CC5(CCC34)CC6=O)cc1Cc1cc(NC(=O)C3(C)CCCC4(C)C5CCC6(C)CC5(CCC34)CC6=O)cc(c1OCCC)Cc1cc(NC(=O)C3(C)CCCC4(C)C5CCC6(C)CC5(CCC34)CC6=O)cc(c1OCCC)Cc1cc(NC(=O)C3(C)CCCC4(C)C5CCC6(C)CC5(CCC34)CC6=O)cc(c1OCCC)C2. The van der Waals surface area contributed by atoms with Crippen molar-refractivity contribution in [2.45, 2.75) is 393 Å². The zero-order valence-electron chi connectivity index (χ0n) is 86.1. The van der Waals surface area contributed by atoms with E-state index in [9.17, 15) is 19.2 Å². The zero-order chi connectivity index (χ0) is 95.7. The van der Waals surface area contributed by atoms with Crippen LogP contribution in [0.3, 0.4) is 0 Å². The predicted molar refractivity (Wildman–Crippen MR) is 536 cm³/mol. The van der Waals surface area contributed by atoms with Crippen LogP contribution in [0.2, 0.25) is 0 Å². The minimum Gasteiger partial charge on any atom is -0.493 e. The van der Waals surface area contributed by atoms with Crippen LogP contribution >= 0.6 is 0 Å². The molecule has 21 rings (SSSR count). The average molecular weight is 1850 g/mol. The lowest BCUT2D eigenvalue weighted by Gasteiger charge is -2.64. The molecule has 0 radical (unpaired) electrons. The van der Waals surface area contributed by atoms with Gasteiger partial charge in [0.15, 0.2) is 0 Å². The van der Waals surface area contributed by atoms with Crippen LogP contribution < -0.4 is 40.2 Å². The van der Waals surface area contributed by atoms with Crippen molar-refractivity contribution in [3.8, 4) is 23.0 Å². The minimum absolute atomic E-state index is 0.00954. The molecule has 24 atom stereocenters. The number of rotatable bonds is 20. The summed E-state index contributed by atoms with van der Waals surface area (Å²) in [6.07, 6.45) is 36.3. The highest BCUT2D eigenvalue weighted by molar-refractivity contribution is 6.00. The van der Waals surface area contributed by atoms with E-state index in [2.05, 4.69) is 181 Å². The van der Waals surface area contributed by atoms with Crippen molar-refractivity contribution < 1.29 is 57.3 Å². The van der Waals surface area contributed by atoms with Crippen molar-refractivity contribution in [3.63, 3.8) is 0 Å². The first kappa shape index (κ1) is 94.9. The fraction of sp³-hybridized carbons (Fsp3) is 0.733. The maximum atomic E-state index is 16.7. The van der Waals surface area contributed by atoms with Gasteiger partial charge in [0.1, 0.15) is 46.1 Å². The number of hydrogen-bond acceptors (Lipinski definition) is 12. The number of Topliss-reactive ketones (excluding diaryl/α,β-unsaturated/α-hetero) is 4. The molecule has 4 N–H and O–H groups in total. The smallest absolute Gasteiger partial charge is 0.230 e. The van der Waals surface area contributed by atoms with Crippen LogP contribution in [-0.2, 0) is 64.0 Å². The van der Waals surface area contributed by atoms with Crippen molar-refractivity contribution in [1.82, 2.24) is 0 Å². The molecule has 4 aromatic rings. The molecule has 4 amide bonds. The number of carbonyl (C=O) groups excluding carboxylic acids is 8. The summed E-state index contributed by atoms with van der Waals surface area (Å²) in [6, 6.07) is 17.3. The van der Waals surface area contributed by atoms with Crippen LogP contribution in [0, 0.1) is 134 Å². The Bertz CT molecular complexity index is 4830. The second-order valence-corrected chi connectivity index (χ2v) is 53.0. The molecule has 17 aliphatic rings. The fourth-order valence-corrected chi connectivity index (χ4v) is 38.9. The molecular weight excluding hydrogens is 1690 g/mol. The second kappa shape index (κ2) is 33.1. The van der Waals surface area contributed by atoms with Crippen molar-refractivity contribution in [2.75, 3.05) is 47.7 Å². The van der Waals surface area contributed by atoms with Gasteiger partial charge in [-0.2, -0.15) is 0 Å². The van der Waals surface area contributed by atoms with Crippen LogP contribution in [0.4, 0.5) is 22.7 Å². The van der Waals surface area contributed by atoms with Gasteiger partial charge in [-0.15, -0.1) is 0 Å². The van der Waals surface area contributed by atoms with Gasteiger partial charge in [0, 0.05) is 140 Å². The van der Waals surface area contributed by atoms with Crippen molar-refractivity contribution in [3.05, 3.63) is 93.0 Å². The standard InChI is InChI=1S/C120H164N4O12/c1-17-49-133-97-73-53-75-59-82(122-102(130)114(14)38-22-34-110(10)86(114)30-46-118-66-94(126)106(6,70-118)42-26-90(110)118)61-77(98(75)134-50-18-2)55-79-63-84(124-104(132)116(16)40-24-36-112(12)88(116)32-48-120-68-96(128)108(8,72-120)44-28-92(112)120)64-80(100(79)136-52-20-4)56-78-62-83(123-103(131)115(15)39-23-35-111(11)87(115)31-47-119-67-95(127)107(7,71-119)43-27-91(111)119)60-76(99(78)135-51-19-3)54-74(97)58-81(57-73)121-101(129)113(13)37-21-33-109(9)85(113)29-45-117-65-93(125)105(5,69-117)41-25-89(109)117/h57-64,85-92H,17-56,65-72H2,1-16H3,(H,121,129)(H,122,130)(H,123,131)(H,124,132). The van der Waals surface area contributed by atoms with Crippen molar-refractivity contribution >= 4 is 69.5 Å². The van der Waals surface area contributed by atoms with E-state index in [1.165, 1.54) is 0 Å². The van der Waals surface area contributed by atoms with Gasteiger partial charge in [-0.1, -0.05) is 136 Å². The van der Waals surface area contributed by atoms with E-state index in [1.807, 2.05) is 0 Å². The number of fused-ring (bicyclic) bond motifs is 20. The molecule has 736 valence electrons. The number of anilines is 4. The van der Waals surface area contributed by atoms with E-state index >= 15 is 19.2 Å². The lowest BCUT2D eigenvalue weighted by molar-refractivity contribution is -0.166. The summed E-state index contributed by atoms with van der Waals surface area (Å²) in [6.45, 7) is 38.1. The van der Waals surface area contributed by atoms with Crippen LogP contribution in [-0.4, -0.2) is 73.2 Å². The number of amides is 4. The fourth-order valence-electron chi connectivity index (χ4n) is 38.9. The molecule has 0 aliphatic heterocycles. The predicted octanol–water partition coefficient (Wildman–Crippen LogP) is 26.8. The van der Waals surface area contributed by atoms with Crippen LogP contribution in [0.1, 0.15) is 412 Å². The monoisotopic (exact) mass is 1850 g/mol. The first-order valence-corrected chi connectivity index (χ1v) is 55.1. The largest absolute Gasteiger partial charge is 0.493 e. The van der Waals surface area contributed by atoms with Crippen molar-refractivity contribution in [1.29, 1.82) is 0 Å². The van der Waals surface area contributed by atoms with Gasteiger partial charge in [-0.05, 0) is 345 Å². The van der Waals surface area contributed by atoms with E-state index in [-0.39, 0.29) is 138 Å². The topological polar surface area (TPSA) is 222 Å². The van der Waals surface area contributed by atoms with E-state index in [1.54, 1.807) is 0 Å². The molecule has 0 heterocycles. The Hall–Kier alpha value is -7.36.